The Kier molecular flexibility index (Phi) is 5.22. The number of rotatable bonds is 4. The number of aryl methyl sites for hydroxylation is 1. The number of fused-ring (bicyclic) bond motifs is 2. The number of nitrogens with one attached hydrogen (secondary N) is 2. The van der Waals surface area contributed by atoms with Gasteiger partial charge in [0.2, 0.25) is 0 Å². The topological polar surface area (TPSA) is 90.8 Å². The van der Waals surface area contributed by atoms with Gasteiger partial charge in [0.05, 0.1) is 28.8 Å². The van der Waals surface area contributed by atoms with E-state index >= 15 is 0 Å². The second-order valence-corrected chi connectivity index (χ2v) is 10.4. The summed E-state index contributed by atoms with van der Waals surface area (Å²) in [6.07, 6.45) is 0.767. The van der Waals surface area contributed by atoms with Crippen molar-refractivity contribution in [2.45, 2.75) is 62.9 Å². The van der Waals surface area contributed by atoms with Gasteiger partial charge in [0.15, 0.2) is 10.2 Å². The number of furan rings is 1. The first-order valence-electron chi connectivity index (χ1n) is 10.8. The number of H-pyrrole nitrogens is 2. The molecule has 1 aliphatic rings. The molecule has 32 heavy (non-hydrogen) atoms. The van der Waals surface area contributed by atoms with E-state index < -0.39 is 0 Å². The molecule has 0 bridgehead atoms. The molecule has 0 fully saturated rings. The van der Waals surface area contributed by atoms with E-state index in [0.717, 1.165) is 57.1 Å². The van der Waals surface area contributed by atoms with Crippen molar-refractivity contribution >= 4 is 22.8 Å². The van der Waals surface area contributed by atoms with E-state index in [0.29, 0.717) is 13.1 Å². The first-order chi connectivity index (χ1) is 15.2. The van der Waals surface area contributed by atoms with Crippen molar-refractivity contribution in [3.63, 3.8) is 0 Å². The molecule has 0 spiro atoms. The quantitative estimate of drug-likeness (QED) is 0.475. The summed E-state index contributed by atoms with van der Waals surface area (Å²) >= 11 is 1.48. The summed E-state index contributed by atoms with van der Waals surface area (Å²) in [6, 6.07) is 10.1. The van der Waals surface area contributed by atoms with E-state index in [2.05, 4.69) is 59.7 Å². The van der Waals surface area contributed by atoms with Crippen LogP contribution in [0.15, 0.2) is 49.8 Å². The van der Waals surface area contributed by atoms with Gasteiger partial charge in [0, 0.05) is 24.9 Å². The summed E-state index contributed by atoms with van der Waals surface area (Å²) < 4.78 is 6.05. The Labute approximate surface area is 190 Å². The highest BCUT2D eigenvalue weighted by Crippen LogP contribution is 2.30. The number of aromatic amines is 2. The maximum absolute atomic E-state index is 12.7. The summed E-state index contributed by atoms with van der Waals surface area (Å²) in [4.78, 5) is 30.6. The van der Waals surface area contributed by atoms with Gasteiger partial charge in [-0.15, -0.1) is 0 Å². The van der Waals surface area contributed by atoms with E-state index in [1.54, 1.807) is 0 Å². The number of hydrogen-bond acceptors (Lipinski definition) is 6. The van der Waals surface area contributed by atoms with E-state index in [1.807, 2.05) is 18.2 Å². The molecular weight excluding hydrogens is 422 g/mol. The van der Waals surface area contributed by atoms with Gasteiger partial charge in [-0.05, 0) is 48.5 Å². The monoisotopic (exact) mass is 449 g/mol. The molecule has 0 atom stereocenters. The zero-order chi connectivity index (χ0) is 22.5. The van der Waals surface area contributed by atoms with Gasteiger partial charge in [0.25, 0.3) is 5.56 Å². The predicted molar refractivity (Wildman–Crippen MR) is 125 cm³/mol. The molecule has 5 rings (SSSR count). The van der Waals surface area contributed by atoms with Crippen LogP contribution in [-0.4, -0.2) is 31.4 Å². The van der Waals surface area contributed by atoms with Crippen molar-refractivity contribution in [1.29, 1.82) is 0 Å². The first kappa shape index (κ1) is 21.0. The first-order valence-corrected chi connectivity index (χ1v) is 11.6. The number of benzene rings is 1. The Bertz CT molecular complexity index is 1340. The van der Waals surface area contributed by atoms with Crippen LogP contribution >= 0.6 is 11.8 Å². The van der Waals surface area contributed by atoms with Gasteiger partial charge in [-0.3, -0.25) is 9.69 Å². The van der Waals surface area contributed by atoms with E-state index in [-0.39, 0.29) is 11.0 Å². The molecule has 0 saturated carbocycles. The summed E-state index contributed by atoms with van der Waals surface area (Å²) in [7, 11) is 0. The summed E-state index contributed by atoms with van der Waals surface area (Å²) in [6.45, 7) is 10.3. The lowest BCUT2D eigenvalue weighted by Crippen LogP contribution is -2.37. The van der Waals surface area contributed by atoms with Gasteiger partial charge < -0.3 is 14.4 Å². The minimum Gasteiger partial charge on any atom is -0.453 e. The third-order valence-corrected chi connectivity index (χ3v) is 6.49. The largest absolute Gasteiger partial charge is 0.453 e. The van der Waals surface area contributed by atoms with E-state index in [1.165, 1.54) is 17.3 Å². The smallest absolute Gasteiger partial charge is 0.255 e. The van der Waals surface area contributed by atoms with Crippen molar-refractivity contribution < 1.29 is 4.42 Å². The van der Waals surface area contributed by atoms with Crippen LogP contribution in [0.1, 0.15) is 49.2 Å². The summed E-state index contributed by atoms with van der Waals surface area (Å²) in [5, 5.41) is 1.60. The Balaban J connectivity index is 1.27. The van der Waals surface area contributed by atoms with Crippen LogP contribution in [0.3, 0.4) is 0 Å². The lowest BCUT2D eigenvalue weighted by atomic mass is 9.95. The second-order valence-electron chi connectivity index (χ2n) is 9.44. The predicted octanol–water partition coefficient (Wildman–Crippen LogP) is 4.55. The minimum absolute atomic E-state index is 0.0274. The molecular formula is C24H27N5O2S. The molecule has 8 heteroatoms. The average Bonchev–Trinajstić information content (AvgIpc) is 3.33. The molecule has 4 aromatic rings. The Morgan fingerprint density at radius 2 is 2.00 bits per heavy atom. The molecule has 0 aliphatic carbocycles. The van der Waals surface area contributed by atoms with Crippen molar-refractivity contribution in [1.82, 2.24) is 24.8 Å². The van der Waals surface area contributed by atoms with Gasteiger partial charge >= 0.3 is 0 Å². The summed E-state index contributed by atoms with van der Waals surface area (Å²) in [5.74, 6) is 1.63. The highest BCUT2D eigenvalue weighted by atomic mass is 32.2. The highest BCUT2D eigenvalue weighted by Gasteiger charge is 2.25. The third-order valence-electron chi connectivity index (χ3n) is 5.69. The van der Waals surface area contributed by atoms with Gasteiger partial charge in [-0.25, -0.2) is 9.97 Å². The highest BCUT2D eigenvalue weighted by molar-refractivity contribution is 7.99. The molecule has 0 unspecified atom stereocenters. The van der Waals surface area contributed by atoms with Gasteiger partial charge in [-0.2, -0.15) is 0 Å². The van der Waals surface area contributed by atoms with E-state index in [4.69, 9.17) is 9.40 Å². The van der Waals surface area contributed by atoms with Gasteiger partial charge in [-0.1, -0.05) is 26.8 Å². The lowest BCUT2D eigenvalue weighted by molar-refractivity contribution is 0.216. The Morgan fingerprint density at radius 3 is 2.81 bits per heavy atom. The Hall–Kier alpha value is -2.84. The van der Waals surface area contributed by atoms with Crippen molar-refractivity contribution in [3.05, 3.63) is 69.1 Å². The van der Waals surface area contributed by atoms with E-state index in [9.17, 15) is 4.79 Å². The van der Waals surface area contributed by atoms with Crippen molar-refractivity contribution in [2.24, 2.45) is 0 Å². The van der Waals surface area contributed by atoms with Crippen LogP contribution < -0.4 is 5.56 Å². The molecule has 0 radical (unpaired) electrons. The molecule has 3 aromatic heterocycles. The lowest BCUT2D eigenvalue weighted by Gasteiger charge is -2.28. The number of aromatic nitrogens is 4. The number of nitrogens with zero attached hydrogens (tertiary/aromatic N) is 3. The van der Waals surface area contributed by atoms with Crippen LogP contribution in [0.2, 0.25) is 0 Å². The fourth-order valence-electron chi connectivity index (χ4n) is 3.93. The second kappa shape index (κ2) is 7.94. The Morgan fingerprint density at radius 1 is 1.16 bits per heavy atom. The molecule has 7 nitrogen and oxygen atoms in total. The van der Waals surface area contributed by atoms with Crippen molar-refractivity contribution in [2.75, 3.05) is 6.54 Å². The summed E-state index contributed by atoms with van der Waals surface area (Å²) in [5.41, 5.74) is 4.66. The minimum atomic E-state index is -0.174. The zero-order valence-electron chi connectivity index (χ0n) is 18.8. The molecule has 166 valence electrons. The standard InChI is InChI=1S/C24H27N5O2S/c1-14-5-7-18-19(11-14)27-23(26-18)32-20-8-6-15(31-20)12-29-10-9-17-16(13-29)21(30)28-22(25-17)24(2,3)4/h5-8,11H,9-10,12-13H2,1-4H3,(H,26,27)(H,25,28,30). The van der Waals surface area contributed by atoms with Crippen LogP contribution in [0.5, 0.6) is 0 Å². The SMILES string of the molecule is Cc1ccc2nc(Sc3ccc(CN4CCc5nc(C(C)(C)C)[nH]c(=O)c5C4)o3)[nH]c2c1. The van der Waals surface area contributed by atoms with Crippen LogP contribution in [0.4, 0.5) is 0 Å². The molecule has 4 heterocycles. The third kappa shape index (κ3) is 4.25. The maximum atomic E-state index is 12.7. The molecule has 0 saturated heterocycles. The normalized spacial score (nSPS) is 14.8. The molecule has 1 aliphatic heterocycles. The fraction of sp³-hybridized carbons (Fsp3) is 0.375. The number of imidazole rings is 1. The van der Waals surface area contributed by atoms with Crippen LogP contribution in [0, 0.1) is 6.92 Å². The molecule has 1 aromatic carbocycles. The molecule has 2 N–H and O–H groups in total. The maximum Gasteiger partial charge on any atom is 0.255 e. The van der Waals surface area contributed by atoms with Gasteiger partial charge in [0.1, 0.15) is 11.6 Å². The van der Waals surface area contributed by atoms with Crippen LogP contribution in [-0.2, 0) is 24.9 Å². The van der Waals surface area contributed by atoms with Crippen LogP contribution in [0.25, 0.3) is 11.0 Å². The zero-order valence-corrected chi connectivity index (χ0v) is 19.6. The van der Waals surface area contributed by atoms with Crippen molar-refractivity contribution in [3.8, 4) is 0 Å². The average molecular weight is 450 g/mol. The fourth-order valence-corrected chi connectivity index (χ4v) is 4.71. The number of hydrogen-bond donors (Lipinski definition) is 2. The molecule has 0 amide bonds.